The number of fused-ring (bicyclic) bond motifs is 1. The van der Waals surface area contributed by atoms with E-state index in [1.807, 2.05) is 20.2 Å². The van der Waals surface area contributed by atoms with E-state index in [4.69, 9.17) is 0 Å². The maximum atomic E-state index is 9.68. The first kappa shape index (κ1) is 10.2. The van der Waals surface area contributed by atoms with E-state index in [2.05, 4.69) is 30.5 Å². The molecule has 0 saturated heterocycles. The van der Waals surface area contributed by atoms with Gasteiger partial charge in [0.25, 0.3) is 0 Å². The highest BCUT2D eigenvalue weighted by molar-refractivity contribution is 5.85. The van der Waals surface area contributed by atoms with Crippen LogP contribution in [0.25, 0.3) is 10.9 Å². The van der Waals surface area contributed by atoms with E-state index in [9.17, 15) is 5.11 Å². The number of rotatable bonds is 1. The zero-order chi connectivity index (χ0) is 11.2. The van der Waals surface area contributed by atoms with Crippen molar-refractivity contribution in [3.8, 4) is 0 Å². The van der Waals surface area contributed by atoms with Gasteiger partial charge < -0.3 is 9.67 Å². The van der Waals surface area contributed by atoms with E-state index in [1.165, 1.54) is 16.6 Å². The topological polar surface area (TPSA) is 25.2 Å². The van der Waals surface area contributed by atoms with Crippen molar-refractivity contribution in [3.05, 3.63) is 35.0 Å². The van der Waals surface area contributed by atoms with Crippen LogP contribution in [0.15, 0.2) is 18.3 Å². The number of aliphatic hydroxyl groups excluding tert-OH is 1. The lowest BCUT2D eigenvalue weighted by Crippen LogP contribution is -1.89. The van der Waals surface area contributed by atoms with Gasteiger partial charge in [-0.1, -0.05) is 0 Å². The predicted octanol–water partition coefficient (Wildman–Crippen LogP) is 2.85. The molecule has 1 atom stereocenters. The van der Waals surface area contributed by atoms with Gasteiger partial charge in [0.15, 0.2) is 0 Å². The van der Waals surface area contributed by atoms with E-state index in [0.29, 0.717) is 0 Å². The van der Waals surface area contributed by atoms with Gasteiger partial charge in [0.2, 0.25) is 0 Å². The molecule has 0 fully saturated rings. The lowest BCUT2D eigenvalue weighted by atomic mass is 10.0. The summed E-state index contributed by atoms with van der Waals surface area (Å²) < 4.78 is 2.07. The summed E-state index contributed by atoms with van der Waals surface area (Å²) in [7, 11) is 2.02. The van der Waals surface area contributed by atoms with Gasteiger partial charge >= 0.3 is 0 Å². The number of hydrogen-bond donors (Lipinski definition) is 1. The summed E-state index contributed by atoms with van der Waals surface area (Å²) in [5.41, 5.74) is 4.76. The van der Waals surface area contributed by atoms with Gasteiger partial charge in [-0.25, -0.2) is 0 Å². The minimum Gasteiger partial charge on any atom is -0.389 e. The number of nitrogens with zero attached hydrogens (tertiary/aromatic N) is 1. The van der Waals surface area contributed by atoms with Crippen LogP contribution in [0, 0.1) is 13.8 Å². The monoisotopic (exact) mass is 203 g/mol. The van der Waals surface area contributed by atoms with E-state index >= 15 is 0 Å². The summed E-state index contributed by atoms with van der Waals surface area (Å²) in [4.78, 5) is 0. The normalized spacial score (nSPS) is 13.4. The second kappa shape index (κ2) is 3.38. The van der Waals surface area contributed by atoms with Crippen molar-refractivity contribution in [1.29, 1.82) is 0 Å². The quantitative estimate of drug-likeness (QED) is 0.757. The molecule has 2 rings (SSSR count). The maximum Gasteiger partial charge on any atom is 0.0782 e. The molecule has 1 N–H and O–H groups in total. The second-order valence-corrected chi connectivity index (χ2v) is 4.32. The summed E-state index contributed by atoms with van der Waals surface area (Å²) in [6.45, 7) is 6.03. The number of aliphatic hydroxyl groups is 1. The fourth-order valence-corrected chi connectivity index (χ4v) is 2.00. The summed E-state index contributed by atoms with van der Waals surface area (Å²) in [6, 6.07) is 4.34. The molecule has 0 amide bonds. The summed E-state index contributed by atoms with van der Waals surface area (Å²) >= 11 is 0. The van der Waals surface area contributed by atoms with Crippen LogP contribution in [-0.2, 0) is 7.05 Å². The van der Waals surface area contributed by atoms with Gasteiger partial charge in [-0.05, 0) is 44.0 Å². The summed E-state index contributed by atoms with van der Waals surface area (Å²) in [5, 5.41) is 10.8. The Kier molecular flexibility index (Phi) is 2.31. The number of benzene rings is 1. The molecule has 80 valence electrons. The second-order valence-electron chi connectivity index (χ2n) is 4.32. The van der Waals surface area contributed by atoms with Crippen LogP contribution in [0.1, 0.15) is 29.7 Å². The minimum absolute atomic E-state index is 0.407. The summed E-state index contributed by atoms with van der Waals surface area (Å²) in [5.74, 6) is 0. The van der Waals surface area contributed by atoms with Crippen molar-refractivity contribution in [3.63, 3.8) is 0 Å². The molecule has 1 aromatic heterocycles. The Bertz CT molecular complexity index is 509. The van der Waals surface area contributed by atoms with Crippen LogP contribution in [-0.4, -0.2) is 9.67 Å². The van der Waals surface area contributed by atoms with Crippen LogP contribution in [0.3, 0.4) is 0 Å². The van der Waals surface area contributed by atoms with E-state index < -0.39 is 6.10 Å². The fraction of sp³-hybridized carbons (Fsp3) is 0.385. The van der Waals surface area contributed by atoms with Crippen molar-refractivity contribution in [1.82, 2.24) is 4.57 Å². The third kappa shape index (κ3) is 1.55. The van der Waals surface area contributed by atoms with Crippen molar-refractivity contribution >= 4 is 10.9 Å². The van der Waals surface area contributed by atoms with Gasteiger partial charge in [0.1, 0.15) is 0 Å². The van der Waals surface area contributed by atoms with Crippen LogP contribution in [0.4, 0.5) is 0 Å². The lowest BCUT2D eigenvalue weighted by Gasteiger charge is -2.04. The third-order valence-corrected chi connectivity index (χ3v) is 3.09. The zero-order valence-corrected chi connectivity index (χ0v) is 9.70. The Morgan fingerprint density at radius 3 is 2.40 bits per heavy atom. The average molecular weight is 203 g/mol. The number of hydrogen-bond acceptors (Lipinski definition) is 1. The molecular weight excluding hydrogens is 186 g/mol. The Balaban J connectivity index is 2.82. The Hall–Kier alpha value is -1.28. The van der Waals surface area contributed by atoms with Crippen LogP contribution < -0.4 is 0 Å². The molecule has 0 aliphatic heterocycles. The van der Waals surface area contributed by atoms with Crippen LogP contribution in [0.5, 0.6) is 0 Å². The van der Waals surface area contributed by atoms with Gasteiger partial charge in [-0.15, -0.1) is 0 Å². The molecule has 0 aliphatic carbocycles. The molecule has 0 radical (unpaired) electrons. The smallest absolute Gasteiger partial charge is 0.0782 e. The number of aromatic nitrogens is 1. The van der Waals surface area contributed by atoms with E-state index in [1.54, 1.807) is 0 Å². The Morgan fingerprint density at radius 2 is 1.80 bits per heavy atom. The van der Waals surface area contributed by atoms with Crippen molar-refractivity contribution in [2.75, 3.05) is 0 Å². The molecule has 1 unspecified atom stereocenters. The van der Waals surface area contributed by atoms with E-state index in [-0.39, 0.29) is 0 Å². The average Bonchev–Trinajstić information content (AvgIpc) is 2.45. The highest BCUT2D eigenvalue weighted by Crippen LogP contribution is 2.28. The molecule has 1 heterocycles. The fourth-order valence-electron chi connectivity index (χ4n) is 2.00. The molecule has 15 heavy (non-hydrogen) atoms. The number of aryl methyl sites for hydroxylation is 3. The molecular formula is C13H17NO. The van der Waals surface area contributed by atoms with Crippen molar-refractivity contribution in [2.45, 2.75) is 26.9 Å². The van der Waals surface area contributed by atoms with Gasteiger partial charge in [-0.2, -0.15) is 0 Å². The van der Waals surface area contributed by atoms with Crippen molar-refractivity contribution < 1.29 is 5.11 Å². The predicted molar refractivity (Wildman–Crippen MR) is 63.0 cm³/mol. The molecule has 0 bridgehead atoms. The molecule has 2 heteroatoms. The Morgan fingerprint density at radius 1 is 1.20 bits per heavy atom. The largest absolute Gasteiger partial charge is 0.389 e. The third-order valence-electron chi connectivity index (χ3n) is 3.09. The first-order valence-corrected chi connectivity index (χ1v) is 5.25. The first-order valence-electron chi connectivity index (χ1n) is 5.25. The molecule has 0 saturated carbocycles. The lowest BCUT2D eigenvalue weighted by molar-refractivity contribution is 0.200. The first-order chi connectivity index (χ1) is 7.00. The van der Waals surface area contributed by atoms with E-state index in [0.717, 1.165) is 10.9 Å². The highest BCUT2D eigenvalue weighted by Gasteiger charge is 2.11. The molecule has 1 aromatic carbocycles. The molecule has 2 aromatic rings. The Labute approximate surface area is 90.2 Å². The van der Waals surface area contributed by atoms with Crippen LogP contribution in [0.2, 0.25) is 0 Å². The minimum atomic E-state index is -0.407. The molecule has 0 aliphatic rings. The highest BCUT2D eigenvalue weighted by atomic mass is 16.3. The standard InChI is InChI=1S/C13H17NO/c1-8-5-11-12(10(3)15)7-14(4)13(11)6-9(8)2/h5-7,10,15H,1-4H3. The van der Waals surface area contributed by atoms with Gasteiger partial charge in [0.05, 0.1) is 6.10 Å². The van der Waals surface area contributed by atoms with Crippen LogP contribution >= 0.6 is 0 Å². The molecule has 0 spiro atoms. The molecule has 2 nitrogen and oxygen atoms in total. The zero-order valence-electron chi connectivity index (χ0n) is 9.70. The van der Waals surface area contributed by atoms with Gasteiger partial charge in [0, 0.05) is 29.7 Å². The van der Waals surface area contributed by atoms with Crippen molar-refractivity contribution in [2.24, 2.45) is 7.05 Å². The SMILES string of the molecule is Cc1cc2c(C(C)O)cn(C)c2cc1C. The summed E-state index contributed by atoms with van der Waals surface area (Å²) in [6.07, 6.45) is 1.60. The maximum absolute atomic E-state index is 9.68. The van der Waals surface area contributed by atoms with Gasteiger partial charge in [-0.3, -0.25) is 0 Å².